The molecule has 0 saturated carbocycles. The van der Waals surface area contributed by atoms with Crippen molar-refractivity contribution in [3.05, 3.63) is 64.7 Å². The van der Waals surface area contributed by atoms with Gasteiger partial charge >= 0.3 is 0 Å². The molecule has 4 rings (SSSR count). The number of likely N-dealkylation sites (tertiary alicyclic amines) is 1. The fraction of sp³-hybridized carbons (Fsp3) is 0.350. The predicted octanol–water partition coefficient (Wildman–Crippen LogP) is 2.86. The Kier molecular flexibility index (Phi) is 4.30. The van der Waals surface area contributed by atoms with Gasteiger partial charge in [0.05, 0.1) is 19.0 Å². The molecule has 2 aromatic rings. The van der Waals surface area contributed by atoms with Crippen LogP contribution in [-0.2, 0) is 4.79 Å². The average molecular weight is 342 g/mol. The molecule has 0 unspecified atom stereocenters. The topological polar surface area (TPSA) is 33.5 Å². The predicted molar refractivity (Wildman–Crippen MR) is 96.7 cm³/mol. The third-order valence-corrected chi connectivity index (χ3v) is 5.55. The second-order valence-electron chi connectivity index (χ2n) is 6.81. The van der Waals surface area contributed by atoms with Crippen LogP contribution < -0.4 is 10.2 Å². The summed E-state index contributed by atoms with van der Waals surface area (Å²) in [6, 6.07) is 16.1. The van der Waals surface area contributed by atoms with Gasteiger partial charge in [0, 0.05) is 10.7 Å². The Balaban J connectivity index is 1.83. The lowest BCUT2D eigenvalue weighted by molar-refractivity contribution is -0.921. The molecule has 2 aliphatic heterocycles. The van der Waals surface area contributed by atoms with E-state index >= 15 is 0 Å². The monoisotopic (exact) mass is 341 g/mol. The first-order valence-corrected chi connectivity index (χ1v) is 9.11. The number of anilines is 1. The van der Waals surface area contributed by atoms with Crippen molar-refractivity contribution in [2.45, 2.75) is 31.2 Å². The molecule has 1 saturated heterocycles. The Hall–Kier alpha value is -1.84. The number of carbonyl (C=O) groups excluding carboxylic acids is 1. The highest BCUT2D eigenvalue weighted by molar-refractivity contribution is 6.30. The zero-order chi connectivity index (χ0) is 16.5. The Morgan fingerprint density at radius 2 is 1.75 bits per heavy atom. The molecule has 2 aromatic carbocycles. The van der Waals surface area contributed by atoms with Gasteiger partial charge in [-0.25, -0.2) is 0 Å². The van der Waals surface area contributed by atoms with E-state index in [1.165, 1.54) is 29.7 Å². The van der Waals surface area contributed by atoms with Crippen molar-refractivity contribution in [1.29, 1.82) is 0 Å². The van der Waals surface area contributed by atoms with Gasteiger partial charge in [0.2, 0.25) is 0 Å². The van der Waals surface area contributed by atoms with Crippen LogP contribution in [0.1, 0.15) is 36.3 Å². The second kappa shape index (κ2) is 6.58. The van der Waals surface area contributed by atoms with Crippen LogP contribution in [0.4, 0.5) is 5.69 Å². The summed E-state index contributed by atoms with van der Waals surface area (Å²) in [5.41, 5.74) is 3.22. The van der Waals surface area contributed by atoms with Crippen LogP contribution in [0.15, 0.2) is 48.5 Å². The lowest BCUT2D eigenvalue weighted by Crippen LogP contribution is -3.18. The summed E-state index contributed by atoms with van der Waals surface area (Å²) >= 11 is 6.28. The third-order valence-electron chi connectivity index (χ3n) is 5.32. The minimum Gasteiger partial charge on any atom is -0.324 e. The summed E-state index contributed by atoms with van der Waals surface area (Å²) < 4.78 is 0. The minimum atomic E-state index is -0.0846. The lowest BCUT2D eigenvalue weighted by Gasteiger charge is -2.39. The number of quaternary nitrogens is 1. The maximum Gasteiger partial charge on any atom is 0.283 e. The number of halogens is 1. The van der Waals surface area contributed by atoms with Crippen LogP contribution in [0.5, 0.6) is 0 Å². The van der Waals surface area contributed by atoms with Gasteiger partial charge in [0.1, 0.15) is 0 Å². The Morgan fingerprint density at radius 1 is 1.00 bits per heavy atom. The van der Waals surface area contributed by atoms with Crippen molar-refractivity contribution in [3.8, 4) is 0 Å². The van der Waals surface area contributed by atoms with Crippen LogP contribution in [0.25, 0.3) is 0 Å². The number of hydrogen-bond donors (Lipinski definition) is 2. The van der Waals surface area contributed by atoms with E-state index in [4.69, 9.17) is 11.6 Å². The highest BCUT2D eigenvalue weighted by atomic mass is 35.5. The minimum absolute atomic E-state index is 0.0572. The Morgan fingerprint density at radius 3 is 2.50 bits per heavy atom. The molecule has 0 bridgehead atoms. The molecule has 2 heterocycles. The Bertz CT molecular complexity index is 741. The number of piperidine rings is 1. The van der Waals surface area contributed by atoms with Crippen molar-refractivity contribution < 1.29 is 9.69 Å². The van der Waals surface area contributed by atoms with Crippen LogP contribution in [0.2, 0.25) is 5.02 Å². The van der Waals surface area contributed by atoms with Crippen molar-refractivity contribution >= 4 is 23.2 Å². The quantitative estimate of drug-likeness (QED) is 0.865. The van der Waals surface area contributed by atoms with E-state index in [1.54, 1.807) is 0 Å². The fourth-order valence-corrected chi connectivity index (χ4v) is 4.40. The molecule has 0 spiro atoms. The van der Waals surface area contributed by atoms with Gasteiger partial charge in [-0.3, -0.25) is 4.79 Å². The van der Waals surface area contributed by atoms with Gasteiger partial charge in [0.25, 0.3) is 5.91 Å². The lowest BCUT2D eigenvalue weighted by atomic mass is 9.80. The summed E-state index contributed by atoms with van der Waals surface area (Å²) in [4.78, 5) is 14.4. The molecule has 0 aromatic heterocycles. The van der Waals surface area contributed by atoms with Crippen LogP contribution in [-0.4, -0.2) is 25.0 Å². The normalized spacial score (nSPS) is 24.3. The van der Waals surface area contributed by atoms with Gasteiger partial charge in [-0.05, 0) is 48.6 Å². The summed E-state index contributed by atoms with van der Waals surface area (Å²) in [6.45, 7) is 2.13. The number of benzene rings is 2. The maximum atomic E-state index is 13.0. The van der Waals surface area contributed by atoms with Crippen molar-refractivity contribution in [3.63, 3.8) is 0 Å². The van der Waals surface area contributed by atoms with E-state index in [1.807, 2.05) is 24.3 Å². The molecule has 0 aliphatic carbocycles. The van der Waals surface area contributed by atoms with Crippen LogP contribution >= 0.6 is 11.6 Å². The standard InChI is InChI=1S/C20H21ClN2O/c21-15-9-10-17-16(13-15)18(14-7-3-1-4-8-14)19(20(24)22-17)23-11-5-2-6-12-23/h1,3-4,7-10,13,18-19H,2,5-6,11-12H2,(H,22,24)/p+1/t18-,19+/m0/s1. The van der Waals surface area contributed by atoms with E-state index in [9.17, 15) is 4.79 Å². The smallest absolute Gasteiger partial charge is 0.283 e. The molecule has 1 fully saturated rings. The molecular formula is C20H22ClN2O+. The first-order valence-electron chi connectivity index (χ1n) is 8.74. The van der Waals surface area contributed by atoms with E-state index in [0.717, 1.165) is 29.4 Å². The molecule has 2 N–H and O–H groups in total. The van der Waals surface area contributed by atoms with Gasteiger partial charge in [-0.1, -0.05) is 41.9 Å². The fourth-order valence-electron chi connectivity index (χ4n) is 4.22. The molecular weight excluding hydrogens is 320 g/mol. The van der Waals surface area contributed by atoms with E-state index in [2.05, 4.69) is 29.6 Å². The number of amides is 1. The number of nitrogens with one attached hydrogen (secondary N) is 2. The van der Waals surface area contributed by atoms with E-state index in [-0.39, 0.29) is 17.9 Å². The Labute approximate surface area is 147 Å². The summed E-state index contributed by atoms with van der Waals surface area (Å²) in [7, 11) is 0. The van der Waals surface area contributed by atoms with Gasteiger partial charge < -0.3 is 10.2 Å². The zero-order valence-corrected chi connectivity index (χ0v) is 14.4. The van der Waals surface area contributed by atoms with Crippen molar-refractivity contribution in [1.82, 2.24) is 0 Å². The van der Waals surface area contributed by atoms with E-state index < -0.39 is 0 Å². The van der Waals surface area contributed by atoms with Gasteiger partial charge in [0.15, 0.2) is 6.04 Å². The van der Waals surface area contributed by atoms with Crippen molar-refractivity contribution in [2.24, 2.45) is 0 Å². The highest BCUT2D eigenvalue weighted by Gasteiger charge is 2.44. The molecule has 2 aliphatic rings. The molecule has 2 atom stereocenters. The first-order chi connectivity index (χ1) is 11.7. The summed E-state index contributed by atoms with van der Waals surface area (Å²) in [6.07, 6.45) is 3.67. The summed E-state index contributed by atoms with van der Waals surface area (Å²) in [5.74, 6) is 0.192. The van der Waals surface area contributed by atoms with E-state index in [0.29, 0.717) is 0 Å². The van der Waals surface area contributed by atoms with Gasteiger partial charge in [-0.15, -0.1) is 0 Å². The SMILES string of the molecule is O=C1Nc2ccc(Cl)cc2[C@H](c2ccccc2)[C@H]1[NH+]1CCCCC1. The average Bonchev–Trinajstić information content (AvgIpc) is 2.62. The zero-order valence-electron chi connectivity index (χ0n) is 13.6. The number of carbonyl (C=O) groups is 1. The molecule has 124 valence electrons. The van der Waals surface area contributed by atoms with Crippen LogP contribution in [0.3, 0.4) is 0 Å². The second-order valence-corrected chi connectivity index (χ2v) is 7.24. The largest absolute Gasteiger partial charge is 0.324 e. The van der Waals surface area contributed by atoms with Crippen LogP contribution in [0, 0.1) is 0 Å². The number of fused-ring (bicyclic) bond motifs is 1. The number of rotatable bonds is 2. The molecule has 24 heavy (non-hydrogen) atoms. The summed E-state index contributed by atoms with van der Waals surface area (Å²) in [5, 5.41) is 3.84. The molecule has 0 radical (unpaired) electrons. The van der Waals surface area contributed by atoms with Crippen molar-refractivity contribution in [2.75, 3.05) is 18.4 Å². The molecule has 3 nitrogen and oxygen atoms in total. The third kappa shape index (κ3) is 2.83. The number of hydrogen-bond acceptors (Lipinski definition) is 1. The first kappa shape index (κ1) is 15.7. The van der Waals surface area contributed by atoms with Gasteiger partial charge in [-0.2, -0.15) is 0 Å². The molecule has 1 amide bonds. The molecule has 4 heteroatoms. The highest BCUT2D eigenvalue weighted by Crippen LogP contribution is 2.38. The maximum absolute atomic E-state index is 13.0.